The minimum absolute atomic E-state index is 0.179. The van der Waals surface area contributed by atoms with Crippen LogP contribution in [0.5, 0.6) is 0 Å². The van der Waals surface area contributed by atoms with Crippen molar-refractivity contribution < 1.29 is 4.39 Å². The molecule has 1 aliphatic carbocycles. The van der Waals surface area contributed by atoms with Gasteiger partial charge in [0.25, 0.3) is 0 Å². The van der Waals surface area contributed by atoms with Gasteiger partial charge in [-0.2, -0.15) is 5.10 Å². The third-order valence-electron chi connectivity index (χ3n) is 3.79. The lowest BCUT2D eigenvalue weighted by molar-refractivity contribution is 0.620. The Morgan fingerprint density at radius 1 is 1.35 bits per heavy atom. The lowest BCUT2D eigenvalue weighted by atomic mass is 10.00. The second-order valence-electron chi connectivity index (χ2n) is 5.44. The highest BCUT2D eigenvalue weighted by atomic mass is 19.1. The smallest absolute Gasteiger partial charge is 0.123 e. The van der Waals surface area contributed by atoms with Crippen molar-refractivity contribution in [3.8, 4) is 11.1 Å². The standard InChI is InChI=1S/C16H20FN3/c1-3-20-10-16(11(2)19-20)15-7-4-13(17)8-12(15)9-18-14-5-6-14/h4,7-8,10,14,18H,3,5-6,9H2,1-2H3. The molecule has 1 fully saturated rings. The summed E-state index contributed by atoms with van der Waals surface area (Å²) in [5.41, 5.74) is 4.18. The second kappa shape index (κ2) is 5.37. The summed E-state index contributed by atoms with van der Waals surface area (Å²) >= 11 is 0. The highest BCUT2D eigenvalue weighted by molar-refractivity contribution is 5.68. The monoisotopic (exact) mass is 273 g/mol. The number of aromatic nitrogens is 2. The number of aryl methyl sites for hydroxylation is 2. The highest BCUT2D eigenvalue weighted by Crippen LogP contribution is 2.28. The number of benzene rings is 1. The van der Waals surface area contributed by atoms with Gasteiger partial charge in [-0.15, -0.1) is 0 Å². The first-order valence-corrected chi connectivity index (χ1v) is 7.23. The molecule has 1 aromatic heterocycles. The third kappa shape index (κ3) is 2.75. The summed E-state index contributed by atoms with van der Waals surface area (Å²) in [6.45, 7) is 5.63. The lowest BCUT2D eigenvalue weighted by Gasteiger charge is -2.10. The maximum atomic E-state index is 13.5. The molecule has 3 rings (SSSR count). The molecule has 0 aliphatic heterocycles. The van der Waals surface area contributed by atoms with Crippen molar-refractivity contribution in [1.82, 2.24) is 15.1 Å². The average Bonchev–Trinajstić information content (AvgIpc) is 3.19. The van der Waals surface area contributed by atoms with E-state index < -0.39 is 0 Å². The molecule has 0 radical (unpaired) electrons. The molecule has 2 aromatic rings. The van der Waals surface area contributed by atoms with Crippen molar-refractivity contribution in [3.63, 3.8) is 0 Å². The van der Waals surface area contributed by atoms with E-state index in [0.717, 1.165) is 28.9 Å². The molecule has 0 bridgehead atoms. The number of hydrogen-bond donors (Lipinski definition) is 1. The van der Waals surface area contributed by atoms with E-state index in [4.69, 9.17) is 0 Å². The number of nitrogens with one attached hydrogen (secondary N) is 1. The first-order chi connectivity index (χ1) is 9.67. The highest BCUT2D eigenvalue weighted by Gasteiger charge is 2.21. The molecule has 0 atom stereocenters. The van der Waals surface area contributed by atoms with Gasteiger partial charge in [-0.05, 0) is 49.9 Å². The van der Waals surface area contributed by atoms with Crippen LogP contribution in [0.3, 0.4) is 0 Å². The Bertz CT molecular complexity index is 614. The molecule has 106 valence electrons. The Morgan fingerprint density at radius 2 is 2.15 bits per heavy atom. The van der Waals surface area contributed by atoms with Gasteiger partial charge in [0.15, 0.2) is 0 Å². The molecule has 4 heteroatoms. The van der Waals surface area contributed by atoms with Crippen molar-refractivity contribution >= 4 is 0 Å². The fraction of sp³-hybridized carbons (Fsp3) is 0.438. The van der Waals surface area contributed by atoms with Crippen LogP contribution in [-0.4, -0.2) is 15.8 Å². The zero-order valence-corrected chi connectivity index (χ0v) is 12.0. The summed E-state index contributed by atoms with van der Waals surface area (Å²) in [7, 11) is 0. The van der Waals surface area contributed by atoms with E-state index >= 15 is 0 Å². The SMILES string of the molecule is CCn1cc(-c2ccc(F)cc2CNC2CC2)c(C)n1. The summed E-state index contributed by atoms with van der Waals surface area (Å²) in [4.78, 5) is 0. The number of halogens is 1. The van der Waals surface area contributed by atoms with Crippen molar-refractivity contribution in [2.24, 2.45) is 0 Å². The first-order valence-electron chi connectivity index (χ1n) is 7.23. The lowest BCUT2D eigenvalue weighted by Crippen LogP contribution is -2.16. The molecule has 1 N–H and O–H groups in total. The summed E-state index contributed by atoms with van der Waals surface area (Å²) in [6, 6.07) is 5.64. The average molecular weight is 273 g/mol. The zero-order valence-electron chi connectivity index (χ0n) is 12.0. The van der Waals surface area contributed by atoms with E-state index in [9.17, 15) is 4.39 Å². The molecule has 3 nitrogen and oxygen atoms in total. The van der Waals surface area contributed by atoms with E-state index in [2.05, 4.69) is 17.3 Å². The van der Waals surface area contributed by atoms with E-state index in [-0.39, 0.29) is 5.82 Å². The third-order valence-corrected chi connectivity index (χ3v) is 3.79. The van der Waals surface area contributed by atoms with Crippen LogP contribution in [0.2, 0.25) is 0 Å². The van der Waals surface area contributed by atoms with Crippen LogP contribution in [0.15, 0.2) is 24.4 Å². The summed E-state index contributed by atoms with van der Waals surface area (Å²) in [5.74, 6) is -0.179. The van der Waals surface area contributed by atoms with Crippen molar-refractivity contribution in [1.29, 1.82) is 0 Å². The maximum Gasteiger partial charge on any atom is 0.123 e. The fourth-order valence-electron chi connectivity index (χ4n) is 2.46. The molecule has 0 amide bonds. The predicted molar refractivity (Wildman–Crippen MR) is 77.9 cm³/mol. The van der Waals surface area contributed by atoms with Crippen LogP contribution >= 0.6 is 0 Å². The van der Waals surface area contributed by atoms with Gasteiger partial charge < -0.3 is 5.32 Å². The van der Waals surface area contributed by atoms with Crippen LogP contribution in [-0.2, 0) is 13.1 Å². The van der Waals surface area contributed by atoms with Crippen molar-refractivity contribution in [2.45, 2.75) is 45.8 Å². The van der Waals surface area contributed by atoms with Gasteiger partial charge >= 0.3 is 0 Å². The van der Waals surface area contributed by atoms with Crippen LogP contribution in [0.1, 0.15) is 31.0 Å². The normalized spacial score (nSPS) is 14.8. The van der Waals surface area contributed by atoms with Gasteiger partial charge in [0.05, 0.1) is 5.69 Å². The molecule has 20 heavy (non-hydrogen) atoms. The summed E-state index contributed by atoms with van der Waals surface area (Å²) < 4.78 is 15.4. The van der Waals surface area contributed by atoms with Crippen molar-refractivity contribution in [3.05, 3.63) is 41.5 Å². The topological polar surface area (TPSA) is 29.9 Å². The van der Waals surface area contributed by atoms with E-state index in [1.807, 2.05) is 23.9 Å². The molecule has 1 heterocycles. The Balaban J connectivity index is 1.95. The van der Waals surface area contributed by atoms with Crippen LogP contribution in [0.25, 0.3) is 11.1 Å². The first kappa shape index (κ1) is 13.3. The van der Waals surface area contributed by atoms with Crippen molar-refractivity contribution in [2.75, 3.05) is 0 Å². The zero-order chi connectivity index (χ0) is 14.1. The van der Waals surface area contributed by atoms with E-state index in [0.29, 0.717) is 12.6 Å². The minimum Gasteiger partial charge on any atom is -0.310 e. The predicted octanol–water partition coefficient (Wildman–Crippen LogP) is 3.27. The summed E-state index contributed by atoms with van der Waals surface area (Å²) in [5, 5.41) is 7.94. The molecule has 1 aromatic carbocycles. The number of hydrogen-bond acceptors (Lipinski definition) is 2. The van der Waals surface area contributed by atoms with Gasteiger partial charge in [-0.25, -0.2) is 4.39 Å². The van der Waals surface area contributed by atoms with Gasteiger partial charge in [-0.3, -0.25) is 4.68 Å². The quantitative estimate of drug-likeness (QED) is 0.906. The molecular weight excluding hydrogens is 253 g/mol. The Kier molecular flexibility index (Phi) is 3.57. The van der Waals surface area contributed by atoms with Gasteiger partial charge in [0.2, 0.25) is 0 Å². The Morgan fingerprint density at radius 3 is 2.80 bits per heavy atom. The van der Waals surface area contributed by atoms with E-state index in [1.54, 1.807) is 6.07 Å². The Labute approximate surface area is 118 Å². The summed E-state index contributed by atoms with van der Waals surface area (Å²) in [6.07, 6.45) is 4.51. The molecule has 0 saturated heterocycles. The van der Waals surface area contributed by atoms with E-state index in [1.165, 1.54) is 18.9 Å². The largest absolute Gasteiger partial charge is 0.310 e. The van der Waals surface area contributed by atoms with Crippen LogP contribution in [0.4, 0.5) is 4.39 Å². The Hall–Kier alpha value is -1.68. The van der Waals surface area contributed by atoms with Crippen LogP contribution < -0.4 is 5.32 Å². The molecular formula is C16H20FN3. The van der Waals surface area contributed by atoms with Gasteiger partial charge in [0.1, 0.15) is 5.82 Å². The van der Waals surface area contributed by atoms with Gasteiger partial charge in [0, 0.05) is 30.9 Å². The molecule has 1 aliphatic rings. The minimum atomic E-state index is -0.179. The van der Waals surface area contributed by atoms with Crippen LogP contribution in [0, 0.1) is 12.7 Å². The molecule has 0 spiro atoms. The second-order valence-corrected chi connectivity index (χ2v) is 5.44. The number of nitrogens with zero attached hydrogens (tertiary/aromatic N) is 2. The fourth-order valence-corrected chi connectivity index (χ4v) is 2.46. The number of rotatable bonds is 5. The molecule has 1 saturated carbocycles. The molecule has 0 unspecified atom stereocenters. The van der Waals surface area contributed by atoms with Gasteiger partial charge in [-0.1, -0.05) is 6.07 Å². The maximum absolute atomic E-state index is 13.5.